The number of fused-ring (bicyclic) bond motifs is 7. The van der Waals surface area contributed by atoms with Crippen LogP contribution in [0.5, 0.6) is 0 Å². The molecule has 0 fully saturated rings. The molecule has 8 aromatic rings. The van der Waals surface area contributed by atoms with Crippen molar-refractivity contribution in [3.05, 3.63) is 156 Å². The van der Waals surface area contributed by atoms with Crippen molar-refractivity contribution >= 4 is 37.9 Å². The molecule has 3 heterocycles. The van der Waals surface area contributed by atoms with Gasteiger partial charge >= 0.3 is 0 Å². The first-order valence-electron chi connectivity index (χ1n) is 15.5. The Morgan fingerprint density at radius 2 is 1.07 bits per heavy atom. The van der Waals surface area contributed by atoms with Crippen LogP contribution in [0.25, 0.3) is 66.1 Å². The van der Waals surface area contributed by atoms with Gasteiger partial charge in [-0.1, -0.05) is 140 Å². The summed E-state index contributed by atoms with van der Waals surface area (Å²) in [5, 5.41) is 3.85. The Hall–Kier alpha value is -5.65. The molecule has 46 heavy (non-hydrogen) atoms. The third-order valence-electron chi connectivity index (χ3n) is 8.96. The molecule has 4 nitrogen and oxygen atoms in total. The second-order valence-electron chi connectivity index (χ2n) is 11.7. The molecule has 218 valence electrons. The van der Waals surface area contributed by atoms with E-state index in [1.165, 1.54) is 48.1 Å². The van der Waals surface area contributed by atoms with Gasteiger partial charge in [-0.15, -0.1) is 11.3 Å². The lowest BCUT2D eigenvalue weighted by molar-refractivity contribution is 0.794. The lowest BCUT2D eigenvalue weighted by Gasteiger charge is -2.37. The van der Waals surface area contributed by atoms with Gasteiger partial charge in [0, 0.05) is 55.2 Å². The zero-order chi connectivity index (χ0) is 30.6. The van der Waals surface area contributed by atoms with E-state index >= 15 is 0 Å². The average Bonchev–Trinajstić information content (AvgIpc) is 3.51. The van der Waals surface area contributed by atoms with E-state index in [-0.39, 0.29) is 6.04 Å². The predicted molar refractivity (Wildman–Crippen MR) is 191 cm³/mol. The van der Waals surface area contributed by atoms with Gasteiger partial charge < -0.3 is 4.90 Å². The van der Waals surface area contributed by atoms with Crippen LogP contribution in [-0.2, 0) is 0 Å². The van der Waals surface area contributed by atoms with Crippen LogP contribution in [0.15, 0.2) is 146 Å². The Bertz CT molecular complexity index is 2320. The topological polar surface area (TPSA) is 41.9 Å². The Labute approximate surface area is 271 Å². The number of benzene rings is 6. The van der Waals surface area contributed by atoms with Gasteiger partial charge in [-0.2, -0.15) is 0 Å². The summed E-state index contributed by atoms with van der Waals surface area (Å²) < 4.78 is 1.32. The van der Waals surface area contributed by atoms with E-state index in [4.69, 9.17) is 15.0 Å². The largest absolute Gasteiger partial charge is 0.362 e. The molecule has 1 aliphatic rings. The van der Waals surface area contributed by atoms with Gasteiger partial charge in [-0.05, 0) is 17.0 Å². The van der Waals surface area contributed by atoms with Crippen molar-refractivity contribution in [2.75, 3.05) is 11.9 Å². The summed E-state index contributed by atoms with van der Waals surface area (Å²) in [7, 11) is 2.24. The Balaban J connectivity index is 1.19. The quantitative estimate of drug-likeness (QED) is 0.199. The molecule has 0 N–H and O–H groups in total. The van der Waals surface area contributed by atoms with Crippen LogP contribution in [0.4, 0.5) is 5.69 Å². The molecular formula is C41H28N4S. The fraction of sp³-hybridized carbons (Fsp3) is 0.0488. The fourth-order valence-electron chi connectivity index (χ4n) is 6.80. The average molecular weight is 609 g/mol. The van der Waals surface area contributed by atoms with Gasteiger partial charge in [-0.25, -0.2) is 15.0 Å². The smallest absolute Gasteiger partial charge is 0.164 e. The van der Waals surface area contributed by atoms with E-state index in [0.29, 0.717) is 17.5 Å². The minimum Gasteiger partial charge on any atom is -0.362 e. The molecule has 0 amide bonds. The lowest BCUT2D eigenvalue weighted by atomic mass is 9.87. The Kier molecular flexibility index (Phi) is 6.25. The van der Waals surface area contributed by atoms with Crippen LogP contribution in [0.3, 0.4) is 0 Å². The third kappa shape index (κ3) is 4.31. The first-order chi connectivity index (χ1) is 22.7. The molecule has 6 aromatic carbocycles. The predicted octanol–water partition coefficient (Wildman–Crippen LogP) is 10.4. The summed E-state index contributed by atoms with van der Waals surface area (Å²) in [4.78, 5) is 18.6. The van der Waals surface area contributed by atoms with Crippen molar-refractivity contribution < 1.29 is 0 Å². The van der Waals surface area contributed by atoms with E-state index < -0.39 is 0 Å². The molecule has 1 atom stereocenters. The van der Waals surface area contributed by atoms with Crippen LogP contribution < -0.4 is 4.90 Å². The van der Waals surface area contributed by atoms with Crippen LogP contribution in [0.2, 0.25) is 0 Å². The maximum atomic E-state index is 4.95. The van der Waals surface area contributed by atoms with Gasteiger partial charge in [0.2, 0.25) is 0 Å². The van der Waals surface area contributed by atoms with Crippen molar-refractivity contribution in [2.45, 2.75) is 6.04 Å². The van der Waals surface area contributed by atoms with E-state index in [0.717, 1.165) is 16.7 Å². The Morgan fingerprint density at radius 1 is 0.522 bits per heavy atom. The highest BCUT2D eigenvalue weighted by Crippen LogP contribution is 2.54. The van der Waals surface area contributed by atoms with Crippen LogP contribution in [0.1, 0.15) is 16.5 Å². The van der Waals surface area contributed by atoms with Gasteiger partial charge in [0.1, 0.15) is 0 Å². The van der Waals surface area contributed by atoms with E-state index in [2.05, 4.69) is 96.9 Å². The molecule has 0 spiro atoms. The zero-order valence-corrected chi connectivity index (χ0v) is 25.9. The molecule has 0 saturated carbocycles. The van der Waals surface area contributed by atoms with E-state index in [1.54, 1.807) is 0 Å². The monoisotopic (exact) mass is 608 g/mol. The summed E-state index contributed by atoms with van der Waals surface area (Å²) in [5.74, 6) is 1.99. The Morgan fingerprint density at radius 3 is 1.72 bits per heavy atom. The van der Waals surface area contributed by atoms with Gasteiger partial charge in [0.25, 0.3) is 0 Å². The van der Waals surface area contributed by atoms with Gasteiger partial charge in [0.05, 0.1) is 11.7 Å². The summed E-state index contributed by atoms with van der Waals surface area (Å²) >= 11 is 1.90. The number of hydrogen-bond acceptors (Lipinski definition) is 5. The molecule has 1 unspecified atom stereocenters. The number of aromatic nitrogens is 3. The number of anilines is 1. The second-order valence-corrected chi connectivity index (χ2v) is 12.8. The summed E-state index contributed by atoms with van der Waals surface area (Å²) in [6.45, 7) is 0. The summed E-state index contributed by atoms with van der Waals surface area (Å²) in [6, 6.07) is 51.2. The van der Waals surface area contributed by atoms with Gasteiger partial charge in [-0.3, -0.25) is 0 Å². The first-order valence-corrected chi connectivity index (χ1v) is 16.3. The standard InChI is InChI=1S/C41H28N4S/c1-45-36(38-35(32-18-10-11-19-34(32)46-38)33-25-24-26-12-8-9-17-31(26)37(33)45)27-20-22-30(23-21-27)41-43-39(28-13-4-2-5-14-28)42-40(44-41)29-15-6-3-7-16-29/h2-25,36H,1H3. The third-order valence-corrected chi connectivity index (χ3v) is 10.2. The van der Waals surface area contributed by atoms with Crippen molar-refractivity contribution in [3.63, 3.8) is 0 Å². The van der Waals surface area contributed by atoms with Crippen LogP contribution in [-0.4, -0.2) is 22.0 Å². The van der Waals surface area contributed by atoms with Crippen LogP contribution in [0, 0.1) is 0 Å². The lowest BCUT2D eigenvalue weighted by Crippen LogP contribution is -2.28. The normalized spacial score (nSPS) is 13.9. The second kappa shape index (κ2) is 10.8. The molecule has 0 bridgehead atoms. The molecule has 2 aromatic heterocycles. The van der Waals surface area contributed by atoms with E-state index in [1.807, 2.05) is 72.0 Å². The maximum absolute atomic E-state index is 4.95. The van der Waals surface area contributed by atoms with Crippen molar-refractivity contribution in [2.24, 2.45) is 0 Å². The molecule has 9 rings (SSSR count). The number of nitrogens with zero attached hydrogens (tertiary/aromatic N) is 4. The van der Waals surface area contributed by atoms with Gasteiger partial charge in [0.15, 0.2) is 17.5 Å². The molecule has 0 radical (unpaired) electrons. The van der Waals surface area contributed by atoms with Crippen molar-refractivity contribution in [1.82, 2.24) is 15.0 Å². The summed E-state index contributed by atoms with van der Waals surface area (Å²) in [6.07, 6.45) is 0. The highest BCUT2D eigenvalue weighted by molar-refractivity contribution is 7.19. The molecule has 5 heteroatoms. The van der Waals surface area contributed by atoms with E-state index in [9.17, 15) is 0 Å². The number of thiophene rings is 1. The molecule has 1 aliphatic heterocycles. The summed E-state index contributed by atoms with van der Waals surface area (Å²) in [5.41, 5.74) is 8.05. The molecule has 0 saturated heterocycles. The molecule has 0 aliphatic carbocycles. The number of hydrogen-bond donors (Lipinski definition) is 0. The fourth-order valence-corrected chi connectivity index (χ4v) is 8.20. The molecular weight excluding hydrogens is 581 g/mol. The maximum Gasteiger partial charge on any atom is 0.164 e. The highest BCUT2D eigenvalue weighted by Gasteiger charge is 2.34. The minimum absolute atomic E-state index is 0.0675. The zero-order valence-electron chi connectivity index (χ0n) is 25.1. The minimum atomic E-state index is 0.0675. The first kappa shape index (κ1) is 26.7. The highest BCUT2D eigenvalue weighted by atomic mass is 32.1. The SMILES string of the molecule is CN1c2c(ccc3ccccc23)-c2c(sc3ccccc23)C1c1ccc(-c2nc(-c3ccccc3)nc(-c3ccccc3)n2)cc1. The number of rotatable bonds is 4. The van der Waals surface area contributed by atoms with Crippen molar-refractivity contribution in [1.29, 1.82) is 0 Å². The van der Waals surface area contributed by atoms with Crippen molar-refractivity contribution in [3.8, 4) is 45.3 Å². The van der Waals surface area contributed by atoms with Crippen LogP contribution >= 0.6 is 11.3 Å².